The summed E-state index contributed by atoms with van der Waals surface area (Å²) in [5.41, 5.74) is 2.27. The van der Waals surface area contributed by atoms with Gasteiger partial charge in [0.25, 0.3) is 6.01 Å². The molecule has 8 nitrogen and oxygen atoms in total. The van der Waals surface area contributed by atoms with Crippen molar-refractivity contribution in [2.45, 2.75) is 52.5 Å². The van der Waals surface area contributed by atoms with Crippen molar-refractivity contribution >= 4 is 23.2 Å². The van der Waals surface area contributed by atoms with Crippen LogP contribution in [0.2, 0.25) is 0 Å². The summed E-state index contributed by atoms with van der Waals surface area (Å²) in [6.07, 6.45) is 6.35. The van der Waals surface area contributed by atoms with Gasteiger partial charge in [-0.15, -0.1) is 0 Å². The molecule has 1 amide bonds. The lowest BCUT2D eigenvalue weighted by Gasteiger charge is -2.30. The molecule has 0 saturated carbocycles. The molecule has 0 aromatic carbocycles. The number of imidazole rings is 1. The molecule has 3 aromatic heterocycles. The molecular weight excluding hydrogens is 380 g/mol. The number of amides is 1. The maximum Gasteiger partial charge on any atom is 0.299 e. The minimum atomic E-state index is 0.0467. The Bertz CT molecular complexity index is 1000. The van der Waals surface area contributed by atoms with Crippen LogP contribution >= 0.6 is 0 Å². The van der Waals surface area contributed by atoms with Gasteiger partial charge in [0, 0.05) is 56.1 Å². The molecule has 1 fully saturated rings. The Morgan fingerprint density at radius 1 is 1.27 bits per heavy atom. The van der Waals surface area contributed by atoms with Crippen molar-refractivity contribution in [3.63, 3.8) is 0 Å². The van der Waals surface area contributed by atoms with Crippen LogP contribution in [-0.4, -0.2) is 45.1 Å². The highest BCUT2D eigenvalue weighted by Crippen LogP contribution is 2.26. The van der Waals surface area contributed by atoms with E-state index in [1.807, 2.05) is 31.5 Å². The topological polar surface area (TPSA) is 89.1 Å². The number of piperidine rings is 1. The fraction of sp³-hybridized carbons (Fsp3) is 0.545. The van der Waals surface area contributed by atoms with E-state index in [9.17, 15) is 4.79 Å². The highest BCUT2D eigenvalue weighted by molar-refractivity contribution is 5.79. The molecule has 4 heterocycles. The Morgan fingerprint density at radius 2 is 2.07 bits per heavy atom. The van der Waals surface area contributed by atoms with Crippen LogP contribution in [0.3, 0.4) is 0 Å². The van der Waals surface area contributed by atoms with Crippen LogP contribution < -0.4 is 10.2 Å². The second-order valence-corrected chi connectivity index (χ2v) is 8.31. The number of pyridine rings is 1. The second kappa shape index (κ2) is 8.85. The minimum absolute atomic E-state index is 0.0467. The monoisotopic (exact) mass is 410 g/mol. The first-order valence-corrected chi connectivity index (χ1v) is 10.8. The van der Waals surface area contributed by atoms with Crippen molar-refractivity contribution in [3.05, 3.63) is 36.0 Å². The third kappa shape index (κ3) is 4.47. The molecule has 1 N–H and O–H groups in total. The van der Waals surface area contributed by atoms with E-state index < -0.39 is 0 Å². The molecule has 1 aliphatic rings. The van der Waals surface area contributed by atoms with Crippen LogP contribution in [0.4, 0.5) is 6.01 Å². The van der Waals surface area contributed by atoms with Gasteiger partial charge >= 0.3 is 0 Å². The summed E-state index contributed by atoms with van der Waals surface area (Å²) >= 11 is 0. The Hall–Kier alpha value is -2.90. The number of anilines is 1. The lowest BCUT2D eigenvalue weighted by Crippen LogP contribution is -2.41. The fourth-order valence-electron chi connectivity index (χ4n) is 3.99. The summed E-state index contributed by atoms with van der Waals surface area (Å²) in [6.45, 7) is 9.31. The average Bonchev–Trinajstić information content (AvgIpc) is 3.37. The van der Waals surface area contributed by atoms with Gasteiger partial charge in [0.05, 0.1) is 0 Å². The number of nitrogens with one attached hydrogen (secondary N) is 1. The first-order valence-electron chi connectivity index (χ1n) is 10.8. The maximum atomic E-state index is 12.6. The van der Waals surface area contributed by atoms with Crippen LogP contribution in [0, 0.1) is 12.8 Å². The van der Waals surface area contributed by atoms with Gasteiger partial charge in [-0.2, -0.15) is 4.98 Å². The fourth-order valence-corrected chi connectivity index (χ4v) is 3.99. The molecule has 30 heavy (non-hydrogen) atoms. The Labute approximate surface area is 176 Å². The Morgan fingerprint density at radius 3 is 2.83 bits per heavy atom. The summed E-state index contributed by atoms with van der Waals surface area (Å²) < 4.78 is 8.02. The molecule has 0 atom stereocenters. The van der Waals surface area contributed by atoms with E-state index in [2.05, 4.69) is 43.6 Å². The van der Waals surface area contributed by atoms with Crippen molar-refractivity contribution in [1.29, 1.82) is 0 Å². The van der Waals surface area contributed by atoms with E-state index in [1.54, 1.807) is 0 Å². The molecule has 1 aliphatic heterocycles. The molecular formula is C22H30N6O2. The van der Waals surface area contributed by atoms with Gasteiger partial charge in [-0.25, -0.2) is 9.97 Å². The van der Waals surface area contributed by atoms with E-state index in [4.69, 9.17) is 4.42 Å². The van der Waals surface area contributed by atoms with Crippen LogP contribution in [-0.2, 0) is 11.3 Å². The Balaban J connectivity index is 1.22. The number of hydrogen-bond acceptors (Lipinski definition) is 6. The number of rotatable bonds is 7. The lowest BCUT2D eigenvalue weighted by molar-refractivity contribution is -0.125. The van der Waals surface area contributed by atoms with Crippen LogP contribution in [0.25, 0.3) is 11.2 Å². The molecule has 0 bridgehead atoms. The van der Waals surface area contributed by atoms with E-state index in [0.29, 0.717) is 29.7 Å². The van der Waals surface area contributed by atoms with Gasteiger partial charge in [0.2, 0.25) is 11.6 Å². The van der Waals surface area contributed by atoms with E-state index in [1.165, 1.54) is 0 Å². The van der Waals surface area contributed by atoms with Crippen molar-refractivity contribution in [1.82, 2.24) is 24.8 Å². The smallest absolute Gasteiger partial charge is 0.299 e. The first kappa shape index (κ1) is 20.4. The molecule has 4 rings (SSSR count). The highest BCUT2D eigenvalue weighted by atomic mass is 16.4. The van der Waals surface area contributed by atoms with Gasteiger partial charge in [-0.1, -0.05) is 13.8 Å². The summed E-state index contributed by atoms with van der Waals surface area (Å²) in [4.78, 5) is 28.0. The first-order chi connectivity index (χ1) is 14.5. The average molecular weight is 411 g/mol. The predicted octanol–water partition coefficient (Wildman–Crippen LogP) is 3.27. The number of carbonyl (C=O) groups is 1. The number of fused-ring (bicyclic) bond motifs is 1. The quantitative estimate of drug-likeness (QED) is 0.602. The molecule has 3 aromatic rings. The van der Waals surface area contributed by atoms with Crippen molar-refractivity contribution < 1.29 is 9.21 Å². The summed E-state index contributed by atoms with van der Waals surface area (Å²) in [5.74, 6) is 1.70. The highest BCUT2D eigenvalue weighted by Gasteiger charge is 2.27. The molecule has 160 valence electrons. The van der Waals surface area contributed by atoms with E-state index in [0.717, 1.165) is 50.4 Å². The van der Waals surface area contributed by atoms with Gasteiger partial charge < -0.3 is 19.2 Å². The van der Waals surface area contributed by atoms with E-state index in [-0.39, 0.29) is 11.8 Å². The van der Waals surface area contributed by atoms with Crippen molar-refractivity contribution in [2.24, 2.45) is 5.92 Å². The van der Waals surface area contributed by atoms with Crippen molar-refractivity contribution in [3.8, 4) is 0 Å². The largest absolute Gasteiger partial charge is 0.422 e. The third-order valence-electron chi connectivity index (χ3n) is 5.66. The molecule has 0 radical (unpaired) electrons. The summed E-state index contributed by atoms with van der Waals surface area (Å²) in [7, 11) is 0. The zero-order chi connectivity index (χ0) is 21.1. The Kier molecular flexibility index (Phi) is 6.01. The molecule has 1 saturated heterocycles. The minimum Gasteiger partial charge on any atom is -0.422 e. The number of carbonyl (C=O) groups excluding carboxylic acids is 1. The molecule has 0 aliphatic carbocycles. The number of aryl methyl sites for hydroxylation is 2. The SMILES string of the molecule is Cc1ccc2oc(N3CCC(C(=O)NCCCn4ccnc4C(C)C)CC3)nc2n1. The standard InChI is InChI=1S/C22H30N6O2/c1-15(2)20-23-10-14-27(20)11-4-9-24-21(29)17-7-12-28(13-8-17)22-26-19-18(30-22)6-5-16(3)25-19/h5-6,10,14-15,17H,4,7-9,11-13H2,1-3H3,(H,24,29). The van der Waals surface area contributed by atoms with Gasteiger partial charge in [-0.05, 0) is 38.3 Å². The van der Waals surface area contributed by atoms with Gasteiger partial charge in [-0.3, -0.25) is 4.79 Å². The van der Waals surface area contributed by atoms with Crippen LogP contribution in [0.5, 0.6) is 0 Å². The van der Waals surface area contributed by atoms with Gasteiger partial charge in [0.1, 0.15) is 5.82 Å². The number of aromatic nitrogens is 4. The number of nitrogens with zero attached hydrogens (tertiary/aromatic N) is 5. The van der Waals surface area contributed by atoms with Crippen LogP contribution in [0.15, 0.2) is 28.9 Å². The lowest BCUT2D eigenvalue weighted by atomic mass is 9.96. The van der Waals surface area contributed by atoms with E-state index >= 15 is 0 Å². The molecule has 0 unspecified atom stereocenters. The summed E-state index contributed by atoms with van der Waals surface area (Å²) in [6, 6.07) is 4.43. The van der Waals surface area contributed by atoms with Crippen LogP contribution in [0.1, 0.15) is 50.5 Å². The summed E-state index contributed by atoms with van der Waals surface area (Å²) in [5, 5.41) is 3.11. The normalized spacial score (nSPS) is 15.3. The van der Waals surface area contributed by atoms with Crippen molar-refractivity contribution in [2.75, 3.05) is 24.5 Å². The third-order valence-corrected chi connectivity index (χ3v) is 5.66. The maximum absolute atomic E-state index is 12.6. The number of oxazole rings is 1. The van der Waals surface area contributed by atoms with Gasteiger partial charge in [0.15, 0.2) is 5.58 Å². The second-order valence-electron chi connectivity index (χ2n) is 8.31. The molecule has 8 heteroatoms. The number of hydrogen-bond donors (Lipinski definition) is 1. The predicted molar refractivity (Wildman–Crippen MR) is 115 cm³/mol. The molecule has 0 spiro atoms. The zero-order valence-electron chi connectivity index (χ0n) is 18.0. The zero-order valence-corrected chi connectivity index (χ0v) is 18.0.